The molecule has 12 nitrogen and oxygen atoms in total. The molecule has 0 radical (unpaired) electrons. The summed E-state index contributed by atoms with van der Waals surface area (Å²) in [5, 5.41) is 9.27. The van der Waals surface area contributed by atoms with E-state index in [1.807, 2.05) is 78.9 Å². The van der Waals surface area contributed by atoms with Crippen molar-refractivity contribution in [3.63, 3.8) is 0 Å². The number of hydrogen-bond acceptors (Lipinski definition) is 10. The van der Waals surface area contributed by atoms with Crippen LogP contribution >= 0.6 is 8.53 Å². The number of nitrogens with zero attached hydrogens (tertiary/aromatic N) is 2. The largest absolute Gasteiger partial charge is 0.497 e. The van der Waals surface area contributed by atoms with Gasteiger partial charge >= 0.3 is 5.69 Å². The molecule has 4 aromatic rings. The lowest BCUT2D eigenvalue weighted by atomic mass is 9.80. The molecule has 0 bridgehead atoms. The third kappa shape index (κ3) is 8.81. The van der Waals surface area contributed by atoms with Crippen LogP contribution < -0.4 is 20.7 Å². The zero-order valence-corrected chi connectivity index (χ0v) is 31.3. The number of hydrogen-bond donors (Lipinski definition) is 2. The summed E-state index contributed by atoms with van der Waals surface area (Å²) in [6.07, 6.45) is -0.105. The van der Waals surface area contributed by atoms with E-state index in [9.17, 15) is 14.9 Å². The maximum atomic E-state index is 13.0. The van der Waals surface area contributed by atoms with Crippen molar-refractivity contribution in [2.24, 2.45) is 0 Å². The van der Waals surface area contributed by atoms with Crippen molar-refractivity contribution in [2.75, 3.05) is 27.4 Å². The van der Waals surface area contributed by atoms with Gasteiger partial charge in [0.05, 0.1) is 57.7 Å². The Hall–Kier alpha value is -4.34. The van der Waals surface area contributed by atoms with Crippen molar-refractivity contribution in [3.05, 3.63) is 128 Å². The summed E-state index contributed by atoms with van der Waals surface area (Å²) in [6, 6.07) is 27.7. The Morgan fingerprint density at radius 3 is 2.00 bits per heavy atom. The molecule has 52 heavy (non-hydrogen) atoms. The fourth-order valence-corrected chi connectivity index (χ4v) is 8.28. The van der Waals surface area contributed by atoms with Gasteiger partial charge in [-0.25, -0.2) is 9.46 Å². The molecule has 0 spiro atoms. The smallest absolute Gasteiger partial charge is 0.325 e. The quantitative estimate of drug-likeness (QED) is 0.0694. The number of methoxy groups -OCH3 is 2. The van der Waals surface area contributed by atoms with Crippen LogP contribution in [0.1, 0.15) is 68.9 Å². The van der Waals surface area contributed by atoms with Gasteiger partial charge in [0, 0.05) is 24.7 Å². The molecule has 2 N–H and O–H groups in total. The highest BCUT2D eigenvalue weighted by molar-refractivity contribution is 7.44. The highest BCUT2D eigenvalue weighted by Crippen LogP contribution is 2.51. The van der Waals surface area contributed by atoms with E-state index < -0.39 is 43.7 Å². The molecular formula is C39H47N4O8P. The first kappa shape index (κ1) is 38.9. The summed E-state index contributed by atoms with van der Waals surface area (Å²) in [5.74, 6) is 1.40. The van der Waals surface area contributed by atoms with Crippen molar-refractivity contribution < 1.29 is 28.0 Å². The van der Waals surface area contributed by atoms with Crippen LogP contribution in [-0.4, -0.2) is 66.4 Å². The normalized spacial score (nSPS) is 18.1. The molecule has 4 unspecified atom stereocenters. The van der Waals surface area contributed by atoms with Crippen molar-refractivity contribution in [2.45, 2.75) is 76.5 Å². The molecule has 13 heteroatoms. The lowest BCUT2D eigenvalue weighted by Gasteiger charge is -2.39. The molecule has 0 saturated carbocycles. The Bertz CT molecular complexity index is 1820. The first-order chi connectivity index (χ1) is 25.1. The lowest BCUT2D eigenvalue weighted by molar-refractivity contribution is -0.0808. The van der Waals surface area contributed by atoms with Crippen LogP contribution in [0.2, 0.25) is 0 Å². The van der Waals surface area contributed by atoms with Crippen molar-refractivity contribution in [3.8, 4) is 17.6 Å². The van der Waals surface area contributed by atoms with Gasteiger partial charge in [-0.05, 0) is 68.7 Å². The predicted octanol–water partition coefficient (Wildman–Crippen LogP) is 6.58. The molecule has 1 saturated heterocycles. The van der Waals surface area contributed by atoms with Crippen LogP contribution in [0.5, 0.6) is 11.5 Å². The number of aromatic amines is 2. The highest BCUT2D eigenvalue weighted by Gasteiger charge is 2.45. The second kappa shape index (κ2) is 17.9. The van der Waals surface area contributed by atoms with E-state index in [1.54, 1.807) is 14.2 Å². The van der Waals surface area contributed by atoms with Crippen molar-refractivity contribution in [1.82, 2.24) is 14.6 Å². The first-order valence-electron chi connectivity index (χ1n) is 17.3. The molecule has 1 aliphatic rings. The minimum Gasteiger partial charge on any atom is -0.497 e. The first-order valence-corrected chi connectivity index (χ1v) is 18.4. The minimum absolute atomic E-state index is 0.0418. The summed E-state index contributed by atoms with van der Waals surface area (Å²) in [6.45, 7) is 8.51. The third-order valence-electron chi connectivity index (χ3n) is 8.92. The maximum absolute atomic E-state index is 13.0. The van der Waals surface area contributed by atoms with E-state index >= 15 is 0 Å². The van der Waals surface area contributed by atoms with Crippen molar-refractivity contribution >= 4 is 8.53 Å². The number of ether oxygens (including phenoxy) is 4. The fourth-order valence-electron chi connectivity index (χ4n) is 6.53. The van der Waals surface area contributed by atoms with Crippen LogP contribution in [0.25, 0.3) is 0 Å². The van der Waals surface area contributed by atoms with Gasteiger partial charge in [-0.1, -0.05) is 54.6 Å². The standard InChI is InChI=1S/C39H47N4O8P/c1-26(2)43(27(3)4)52(49-22-10-21-40)51-35-23-34(33-24-41-38(45)42-37(33)44)50-36(35)25-48-39(28-11-8-7-9-12-28,29-13-17-31(46-5)18-14-29)30-15-19-32(47-6)20-16-30/h7-9,11-20,24,26-27,34-36H,10,22-23,25H2,1-6H3,(H2,41,42,44,45). The van der Waals surface area contributed by atoms with Crippen LogP contribution in [0.15, 0.2) is 94.6 Å². The summed E-state index contributed by atoms with van der Waals surface area (Å²) in [4.78, 5) is 29.8. The zero-order chi connectivity index (χ0) is 37.3. The zero-order valence-electron chi connectivity index (χ0n) is 30.4. The van der Waals surface area contributed by atoms with E-state index in [2.05, 4.69) is 48.4 Å². The van der Waals surface area contributed by atoms with Gasteiger partial charge in [-0.3, -0.25) is 9.78 Å². The van der Waals surface area contributed by atoms with Gasteiger partial charge in [0.1, 0.15) is 23.2 Å². The maximum Gasteiger partial charge on any atom is 0.325 e. The number of rotatable bonds is 17. The monoisotopic (exact) mass is 730 g/mol. The van der Waals surface area contributed by atoms with Gasteiger partial charge in [0.25, 0.3) is 14.1 Å². The average molecular weight is 731 g/mol. The topological polar surface area (TPSA) is 148 Å². The van der Waals surface area contributed by atoms with Crippen LogP contribution in [0, 0.1) is 11.3 Å². The fraction of sp³-hybridized carbons (Fsp3) is 0.410. The third-order valence-corrected chi connectivity index (χ3v) is 11.1. The van der Waals surface area contributed by atoms with Gasteiger partial charge < -0.3 is 33.0 Å². The second-order valence-electron chi connectivity index (χ2n) is 12.9. The number of H-pyrrole nitrogens is 2. The Morgan fingerprint density at radius 1 is 0.904 bits per heavy atom. The average Bonchev–Trinajstić information content (AvgIpc) is 3.54. The molecule has 1 aromatic heterocycles. The van der Waals surface area contributed by atoms with Gasteiger partial charge in [-0.15, -0.1) is 0 Å². The van der Waals surface area contributed by atoms with E-state index in [1.165, 1.54) is 6.20 Å². The molecule has 3 aromatic carbocycles. The molecule has 0 aliphatic carbocycles. The number of nitrogens with one attached hydrogen (secondary N) is 2. The van der Waals surface area contributed by atoms with Crippen LogP contribution in [0.3, 0.4) is 0 Å². The number of benzene rings is 3. The summed E-state index contributed by atoms with van der Waals surface area (Å²) >= 11 is 0. The SMILES string of the molecule is COc1ccc(C(OCC2OC(c3c[nH]c(=O)[nH]c3=O)CC2OP(OCCC#N)N(C(C)C)C(C)C)(c2ccccc2)c2ccc(OC)cc2)cc1. The van der Waals surface area contributed by atoms with E-state index in [4.69, 9.17) is 28.0 Å². The Labute approximate surface area is 305 Å². The van der Waals surface area contributed by atoms with E-state index in [0.717, 1.165) is 16.7 Å². The summed E-state index contributed by atoms with van der Waals surface area (Å²) in [5.41, 5.74) is 0.574. The van der Waals surface area contributed by atoms with Gasteiger partial charge in [0.2, 0.25) is 0 Å². The molecule has 2 heterocycles. The lowest BCUT2D eigenvalue weighted by Crippen LogP contribution is -2.39. The van der Waals surface area contributed by atoms with Crippen LogP contribution in [-0.2, 0) is 24.1 Å². The van der Waals surface area contributed by atoms with E-state index in [-0.39, 0.29) is 43.7 Å². The Kier molecular flexibility index (Phi) is 13.4. The minimum atomic E-state index is -1.66. The molecule has 5 rings (SSSR count). The van der Waals surface area contributed by atoms with Gasteiger partial charge in [0.15, 0.2) is 0 Å². The molecule has 4 atom stereocenters. The van der Waals surface area contributed by atoms with Crippen LogP contribution in [0.4, 0.5) is 0 Å². The van der Waals surface area contributed by atoms with Gasteiger partial charge in [-0.2, -0.15) is 5.26 Å². The predicted molar refractivity (Wildman–Crippen MR) is 198 cm³/mol. The molecule has 1 fully saturated rings. The Morgan fingerprint density at radius 2 is 1.48 bits per heavy atom. The summed E-state index contributed by atoms with van der Waals surface area (Å²) in [7, 11) is 1.59. The molecule has 276 valence electrons. The second-order valence-corrected chi connectivity index (χ2v) is 14.3. The highest BCUT2D eigenvalue weighted by atomic mass is 31.2. The Balaban J connectivity index is 1.59. The molecule has 1 aliphatic heterocycles. The number of nitriles is 1. The number of aromatic nitrogens is 2. The summed E-state index contributed by atoms with van der Waals surface area (Å²) < 4.78 is 40.1. The molecular weight excluding hydrogens is 683 g/mol. The van der Waals surface area contributed by atoms with Crippen molar-refractivity contribution in [1.29, 1.82) is 5.26 Å². The molecule has 0 amide bonds. The van der Waals surface area contributed by atoms with E-state index in [0.29, 0.717) is 11.5 Å².